The van der Waals surface area contributed by atoms with Gasteiger partial charge in [-0.15, -0.1) is 0 Å². The SMILES string of the molecule is CC(C)=CCCC(C)C1CCC2(C)C3CCC4C(C)(C)C(C(C)(C)C)CCC4(C)C3CCC12C. The lowest BCUT2D eigenvalue weighted by Gasteiger charge is -2.69. The predicted octanol–water partition coefficient (Wildman–Crippen LogP) is 10.7. The van der Waals surface area contributed by atoms with Crippen LogP contribution < -0.4 is 0 Å². The smallest absolute Gasteiger partial charge is 0.0238 e. The maximum Gasteiger partial charge on any atom is -0.0238 e. The Bertz CT molecular complexity index is 774. The van der Waals surface area contributed by atoms with Crippen LogP contribution in [0.4, 0.5) is 0 Å². The second kappa shape index (κ2) is 8.65. The van der Waals surface area contributed by atoms with Crippen LogP contribution >= 0.6 is 0 Å². The molecule has 0 aromatic heterocycles. The van der Waals surface area contributed by atoms with Gasteiger partial charge in [0.2, 0.25) is 0 Å². The summed E-state index contributed by atoms with van der Waals surface area (Å²) >= 11 is 0. The zero-order chi connectivity index (χ0) is 25.3. The third-order valence-corrected chi connectivity index (χ3v) is 13.5. The summed E-state index contributed by atoms with van der Waals surface area (Å²) in [6.45, 7) is 28.3. The van der Waals surface area contributed by atoms with Gasteiger partial charge in [0.1, 0.15) is 0 Å². The Balaban J connectivity index is 1.58. The third-order valence-electron chi connectivity index (χ3n) is 13.5. The van der Waals surface area contributed by atoms with Crippen LogP contribution in [-0.2, 0) is 0 Å². The summed E-state index contributed by atoms with van der Waals surface area (Å²) in [5, 5.41) is 0. The molecule has 4 fully saturated rings. The van der Waals surface area contributed by atoms with Crippen molar-refractivity contribution in [3.63, 3.8) is 0 Å². The van der Waals surface area contributed by atoms with Crippen molar-refractivity contribution in [3.05, 3.63) is 11.6 Å². The molecule has 0 bridgehead atoms. The molecule has 4 aliphatic rings. The lowest BCUT2D eigenvalue weighted by atomic mass is 9.36. The van der Waals surface area contributed by atoms with E-state index < -0.39 is 0 Å². The molecule has 9 unspecified atom stereocenters. The molecular weight excluding hydrogens is 408 g/mol. The highest BCUT2D eigenvalue weighted by atomic mass is 14.7. The van der Waals surface area contributed by atoms with E-state index >= 15 is 0 Å². The zero-order valence-corrected chi connectivity index (χ0v) is 25.1. The number of hydrogen-bond donors (Lipinski definition) is 0. The molecule has 0 aliphatic heterocycles. The second-order valence-electron chi connectivity index (χ2n) is 16.5. The van der Waals surface area contributed by atoms with E-state index in [0.717, 1.165) is 35.5 Å². The van der Waals surface area contributed by atoms with E-state index in [1.165, 1.54) is 69.8 Å². The van der Waals surface area contributed by atoms with Gasteiger partial charge < -0.3 is 0 Å². The van der Waals surface area contributed by atoms with E-state index in [-0.39, 0.29) is 0 Å². The van der Waals surface area contributed by atoms with Crippen molar-refractivity contribution in [2.45, 2.75) is 140 Å². The van der Waals surface area contributed by atoms with Gasteiger partial charge in [-0.05, 0) is 141 Å². The minimum Gasteiger partial charge on any atom is -0.0859 e. The molecule has 0 aromatic rings. The molecule has 0 N–H and O–H groups in total. The fraction of sp³-hybridized carbons (Fsp3) is 0.941. The van der Waals surface area contributed by atoms with Gasteiger partial charge in [-0.1, -0.05) is 74.0 Å². The number of allylic oxidation sites excluding steroid dienone is 2. The van der Waals surface area contributed by atoms with E-state index in [4.69, 9.17) is 0 Å². The quantitative estimate of drug-likeness (QED) is 0.360. The Kier molecular flexibility index (Phi) is 6.82. The standard InChI is InChI=1S/C34H60/c1-23(2)13-12-14-24(3)25-17-21-34(11)27-15-16-29-31(7,8)28(30(4,5)6)19-20-32(29,9)26(27)18-22-33(25,34)10/h13,24-29H,12,14-22H2,1-11H3. The maximum absolute atomic E-state index is 2.78. The zero-order valence-electron chi connectivity index (χ0n) is 25.1. The first-order valence-corrected chi connectivity index (χ1v) is 15.2. The largest absolute Gasteiger partial charge is 0.0859 e. The highest BCUT2D eigenvalue weighted by Crippen LogP contribution is 2.75. The van der Waals surface area contributed by atoms with Crippen LogP contribution in [0, 0.1) is 62.6 Å². The molecule has 0 aromatic carbocycles. The molecule has 4 aliphatic carbocycles. The number of hydrogen-bond acceptors (Lipinski definition) is 0. The molecular formula is C34H60. The van der Waals surface area contributed by atoms with Gasteiger partial charge in [0.15, 0.2) is 0 Å². The number of fused-ring (bicyclic) bond motifs is 5. The molecule has 196 valence electrons. The van der Waals surface area contributed by atoms with Gasteiger partial charge in [0.05, 0.1) is 0 Å². The first-order chi connectivity index (χ1) is 15.6. The van der Waals surface area contributed by atoms with Crippen molar-refractivity contribution in [2.24, 2.45) is 62.6 Å². The summed E-state index contributed by atoms with van der Waals surface area (Å²) in [4.78, 5) is 0. The van der Waals surface area contributed by atoms with Crippen molar-refractivity contribution in [1.82, 2.24) is 0 Å². The molecule has 0 radical (unpaired) electrons. The first-order valence-electron chi connectivity index (χ1n) is 15.2. The minimum atomic E-state index is 0.430. The first kappa shape index (κ1) is 26.8. The van der Waals surface area contributed by atoms with Gasteiger partial charge in [0.25, 0.3) is 0 Å². The molecule has 0 amide bonds. The molecule has 0 nitrogen and oxygen atoms in total. The van der Waals surface area contributed by atoms with Crippen LogP contribution in [0.3, 0.4) is 0 Å². The highest BCUT2D eigenvalue weighted by molar-refractivity contribution is 5.16. The van der Waals surface area contributed by atoms with E-state index in [1.54, 1.807) is 0 Å². The van der Waals surface area contributed by atoms with Gasteiger partial charge in [0, 0.05) is 0 Å². The Morgan fingerprint density at radius 1 is 0.824 bits per heavy atom. The van der Waals surface area contributed by atoms with Crippen LogP contribution in [0.15, 0.2) is 11.6 Å². The second-order valence-corrected chi connectivity index (χ2v) is 16.5. The van der Waals surface area contributed by atoms with Gasteiger partial charge in [-0.3, -0.25) is 0 Å². The van der Waals surface area contributed by atoms with E-state index in [0.29, 0.717) is 27.1 Å². The molecule has 0 saturated heterocycles. The predicted molar refractivity (Wildman–Crippen MR) is 150 cm³/mol. The lowest BCUT2D eigenvalue weighted by Crippen LogP contribution is -2.61. The fourth-order valence-electron chi connectivity index (χ4n) is 11.9. The molecule has 4 saturated carbocycles. The highest BCUT2D eigenvalue weighted by Gasteiger charge is 2.67. The molecule has 4 rings (SSSR count). The Hall–Kier alpha value is -0.260. The monoisotopic (exact) mass is 468 g/mol. The Morgan fingerprint density at radius 3 is 2.09 bits per heavy atom. The van der Waals surface area contributed by atoms with Crippen LogP contribution in [0.5, 0.6) is 0 Å². The van der Waals surface area contributed by atoms with Crippen molar-refractivity contribution in [2.75, 3.05) is 0 Å². The van der Waals surface area contributed by atoms with Crippen LogP contribution in [0.25, 0.3) is 0 Å². The Labute approximate surface area is 214 Å². The summed E-state index contributed by atoms with van der Waals surface area (Å²) in [5.41, 5.74) is 4.06. The fourth-order valence-corrected chi connectivity index (χ4v) is 11.9. The summed E-state index contributed by atoms with van der Waals surface area (Å²) in [5.74, 6) is 5.49. The van der Waals surface area contributed by atoms with E-state index in [1.807, 2.05) is 0 Å². The minimum absolute atomic E-state index is 0.430. The van der Waals surface area contributed by atoms with Crippen LogP contribution in [0.1, 0.15) is 140 Å². The van der Waals surface area contributed by atoms with Gasteiger partial charge in [-0.25, -0.2) is 0 Å². The maximum atomic E-state index is 2.78. The topological polar surface area (TPSA) is 0 Å². The molecule has 0 heteroatoms. The average Bonchev–Trinajstić information content (AvgIpc) is 2.97. The normalized spacial score (nSPS) is 46.7. The summed E-state index contributed by atoms with van der Waals surface area (Å²) in [6, 6.07) is 0. The van der Waals surface area contributed by atoms with Crippen LogP contribution in [-0.4, -0.2) is 0 Å². The van der Waals surface area contributed by atoms with Crippen molar-refractivity contribution in [1.29, 1.82) is 0 Å². The average molecular weight is 469 g/mol. The van der Waals surface area contributed by atoms with Crippen molar-refractivity contribution < 1.29 is 0 Å². The summed E-state index contributed by atoms with van der Waals surface area (Å²) in [7, 11) is 0. The Morgan fingerprint density at radius 2 is 1.47 bits per heavy atom. The van der Waals surface area contributed by atoms with Gasteiger partial charge >= 0.3 is 0 Å². The summed E-state index contributed by atoms with van der Waals surface area (Å²) in [6.07, 6.45) is 17.1. The molecule has 34 heavy (non-hydrogen) atoms. The molecule has 9 atom stereocenters. The van der Waals surface area contributed by atoms with Crippen molar-refractivity contribution >= 4 is 0 Å². The van der Waals surface area contributed by atoms with Crippen molar-refractivity contribution in [3.8, 4) is 0 Å². The molecule has 0 spiro atoms. The third kappa shape index (κ3) is 3.90. The molecule has 0 heterocycles. The summed E-state index contributed by atoms with van der Waals surface area (Å²) < 4.78 is 0. The lowest BCUT2D eigenvalue weighted by molar-refractivity contribution is -0.199. The van der Waals surface area contributed by atoms with Crippen LogP contribution in [0.2, 0.25) is 0 Å². The number of rotatable bonds is 4. The van der Waals surface area contributed by atoms with E-state index in [2.05, 4.69) is 82.2 Å². The van der Waals surface area contributed by atoms with Gasteiger partial charge in [-0.2, -0.15) is 0 Å². The van der Waals surface area contributed by atoms with E-state index in [9.17, 15) is 0 Å².